The van der Waals surface area contributed by atoms with E-state index in [1.54, 1.807) is 0 Å². The van der Waals surface area contributed by atoms with Gasteiger partial charge < -0.3 is 15.2 Å². The Morgan fingerprint density at radius 3 is 2.37 bits per heavy atom. The van der Waals surface area contributed by atoms with Crippen LogP contribution in [0.15, 0.2) is 12.2 Å². The van der Waals surface area contributed by atoms with Gasteiger partial charge in [-0.3, -0.25) is 10.1 Å². The molecule has 3 amide bonds. The van der Waals surface area contributed by atoms with Crippen LogP contribution in [-0.4, -0.2) is 42.3 Å². The van der Waals surface area contributed by atoms with Crippen LogP contribution in [0.2, 0.25) is 0 Å². The lowest BCUT2D eigenvalue weighted by Crippen LogP contribution is -2.48. The molecule has 0 aromatic carbocycles. The van der Waals surface area contributed by atoms with Crippen LogP contribution >= 0.6 is 0 Å². The molecule has 0 aromatic rings. The van der Waals surface area contributed by atoms with E-state index < -0.39 is 17.9 Å². The van der Waals surface area contributed by atoms with E-state index in [-0.39, 0.29) is 12.0 Å². The molecule has 0 fully saturated rings. The summed E-state index contributed by atoms with van der Waals surface area (Å²) in [5, 5.41) is 12.9. The molecule has 7 nitrogen and oxygen atoms in total. The second-order valence-corrected chi connectivity index (χ2v) is 4.14. The molecule has 0 saturated carbocycles. The number of nitrogens with one attached hydrogen (secondary N) is 2. The lowest BCUT2D eigenvalue weighted by molar-refractivity contribution is -0.131. The third-order valence-corrected chi connectivity index (χ3v) is 2.24. The highest BCUT2D eigenvalue weighted by Gasteiger charge is 2.16. The van der Waals surface area contributed by atoms with E-state index in [0.717, 1.165) is 6.08 Å². The van der Waals surface area contributed by atoms with Crippen LogP contribution in [0.1, 0.15) is 20.8 Å². The summed E-state index contributed by atoms with van der Waals surface area (Å²) >= 11 is 0. The minimum atomic E-state index is -1.26. The first-order chi connectivity index (χ1) is 8.86. The van der Waals surface area contributed by atoms with Crippen molar-refractivity contribution in [3.63, 3.8) is 0 Å². The van der Waals surface area contributed by atoms with Gasteiger partial charge in [0.1, 0.15) is 0 Å². The maximum absolute atomic E-state index is 11.5. The van der Waals surface area contributed by atoms with Crippen molar-refractivity contribution in [1.29, 1.82) is 0 Å². The predicted molar refractivity (Wildman–Crippen MR) is 68.6 cm³/mol. The zero-order valence-corrected chi connectivity index (χ0v) is 11.3. The zero-order valence-electron chi connectivity index (χ0n) is 11.3. The van der Waals surface area contributed by atoms with Crippen molar-refractivity contribution >= 4 is 17.9 Å². The molecule has 0 saturated heterocycles. The van der Waals surface area contributed by atoms with Crippen LogP contribution in [0.4, 0.5) is 4.79 Å². The van der Waals surface area contributed by atoms with E-state index in [2.05, 4.69) is 5.32 Å². The van der Waals surface area contributed by atoms with Gasteiger partial charge in [0, 0.05) is 18.8 Å². The number of carbonyl (C=O) groups excluding carboxylic acids is 2. The molecule has 0 spiro atoms. The standard InChI is InChI=1S/C12H20N2O5/c1-4-19-7-9(8(2)3)13-12(18)14-10(15)5-6-11(16)17/h5-6,8-9H,4,7H2,1-3H3,(H,16,17)(H2,13,14,15,18)/b6-5+. The number of ether oxygens (including phenoxy) is 1. The van der Waals surface area contributed by atoms with Gasteiger partial charge in [-0.1, -0.05) is 13.8 Å². The summed E-state index contributed by atoms with van der Waals surface area (Å²) in [6, 6.07) is -0.908. The number of carboxylic acids is 1. The topological polar surface area (TPSA) is 105 Å². The number of carboxylic acid groups (broad SMARTS) is 1. The van der Waals surface area contributed by atoms with Crippen LogP contribution < -0.4 is 10.6 Å². The van der Waals surface area contributed by atoms with Crippen molar-refractivity contribution in [2.45, 2.75) is 26.8 Å². The lowest BCUT2D eigenvalue weighted by atomic mass is 10.1. The third kappa shape index (κ3) is 8.78. The summed E-state index contributed by atoms with van der Waals surface area (Å²) < 4.78 is 5.22. The van der Waals surface area contributed by atoms with Crippen LogP contribution in [0, 0.1) is 5.92 Å². The molecule has 0 aromatic heterocycles. The zero-order chi connectivity index (χ0) is 14.8. The second-order valence-electron chi connectivity index (χ2n) is 4.14. The van der Waals surface area contributed by atoms with Crippen molar-refractivity contribution in [3.05, 3.63) is 12.2 Å². The van der Waals surface area contributed by atoms with Crippen molar-refractivity contribution in [2.75, 3.05) is 13.2 Å². The van der Waals surface area contributed by atoms with E-state index in [9.17, 15) is 14.4 Å². The van der Waals surface area contributed by atoms with Crippen molar-refractivity contribution in [2.24, 2.45) is 5.92 Å². The van der Waals surface area contributed by atoms with Gasteiger partial charge >= 0.3 is 12.0 Å². The summed E-state index contributed by atoms with van der Waals surface area (Å²) in [6.45, 7) is 6.55. The first-order valence-corrected chi connectivity index (χ1v) is 5.97. The highest BCUT2D eigenvalue weighted by molar-refractivity contribution is 6.02. The maximum atomic E-state index is 11.5. The van der Waals surface area contributed by atoms with Crippen LogP contribution in [0.25, 0.3) is 0 Å². The molecule has 1 atom stereocenters. The summed E-state index contributed by atoms with van der Waals surface area (Å²) in [5.41, 5.74) is 0. The number of carbonyl (C=O) groups is 3. The highest BCUT2D eigenvalue weighted by Crippen LogP contribution is 2.01. The van der Waals surface area contributed by atoms with Gasteiger partial charge in [-0.15, -0.1) is 0 Å². The third-order valence-electron chi connectivity index (χ3n) is 2.24. The number of aliphatic carboxylic acids is 1. The first-order valence-electron chi connectivity index (χ1n) is 5.97. The van der Waals surface area contributed by atoms with E-state index in [1.807, 2.05) is 26.1 Å². The number of rotatable bonds is 7. The normalized spacial score (nSPS) is 12.4. The van der Waals surface area contributed by atoms with Gasteiger partial charge in [-0.05, 0) is 12.8 Å². The fraction of sp³-hybridized carbons (Fsp3) is 0.583. The molecule has 0 aliphatic carbocycles. The largest absolute Gasteiger partial charge is 0.478 e. The summed E-state index contributed by atoms with van der Waals surface area (Å²) in [4.78, 5) is 32.9. The summed E-state index contributed by atoms with van der Waals surface area (Å²) in [7, 11) is 0. The number of hydrogen-bond acceptors (Lipinski definition) is 4. The number of amides is 3. The Labute approximate surface area is 112 Å². The highest BCUT2D eigenvalue weighted by atomic mass is 16.5. The molecular weight excluding hydrogens is 252 g/mol. The number of imide groups is 1. The van der Waals surface area contributed by atoms with E-state index >= 15 is 0 Å². The molecule has 108 valence electrons. The van der Waals surface area contributed by atoms with Crippen LogP contribution in [-0.2, 0) is 14.3 Å². The average molecular weight is 272 g/mol. The Bertz CT molecular complexity index is 352. The van der Waals surface area contributed by atoms with Gasteiger partial charge in [0.05, 0.1) is 12.6 Å². The average Bonchev–Trinajstić information content (AvgIpc) is 2.31. The summed E-state index contributed by atoms with van der Waals surface area (Å²) in [6.07, 6.45) is 1.43. The van der Waals surface area contributed by atoms with Crippen LogP contribution in [0.5, 0.6) is 0 Å². The fourth-order valence-electron chi connectivity index (χ4n) is 1.15. The van der Waals surface area contributed by atoms with Gasteiger partial charge in [0.25, 0.3) is 5.91 Å². The molecule has 0 heterocycles. The number of hydrogen-bond donors (Lipinski definition) is 3. The minimum Gasteiger partial charge on any atom is -0.478 e. The Kier molecular flexibility index (Phi) is 8.19. The molecule has 0 aliphatic rings. The smallest absolute Gasteiger partial charge is 0.328 e. The molecule has 3 N–H and O–H groups in total. The molecule has 19 heavy (non-hydrogen) atoms. The second kappa shape index (κ2) is 9.09. The predicted octanol–water partition coefficient (Wildman–Crippen LogP) is 0.514. The van der Waals surface area contributed by atoms with Gasteiger partial charge in [0.15, 0.2) is 0 Å². The van der Waals surface area contributed by atoms with E-state index in [1.165, 1.54) is 0 Å². The quantitative estimate of drug-likeness (QED) is 0.586. The Hall–Kier alpha value is -1.89. The Morgan fingerprint density at radius 1 is 1.26 bits per heavy atom. The van der Waals surface area contributed by atoms with Crippen molar-refractivity contribution in [3.8, 4) is 0 Å². The minimum absolute atomic E-state index is 0.141. The molecular formula is C12H20N2O5. The monoisotopic (exact) mass is 272 g/mol. The lowest BCUT2D eigenvalue weighted by Gasteiger charge is -2.21. The number of urea groups is 1. The van der Waals surface area contributed by atoms with E-state index in [4.69, 9.17) is 9.84 Å². The molecule has 0 aliphatic heterocycles. The fourth-order valence-corrected chi connectivity index (χ4v) is 1.15. The van der Waals surface area contributed by atoms with Gasteiger partial charge in [-0.2, -0.15) is 0 Å². The maximum Gasteiger partial charge on any atom is 0.328 e. The van der Waals surface area contributed by atoms with Crippen LogP contribution in [0.3, 0.4) is 0 Å². The Balaban J connectivity index is 4.26. The van der Waals surface area contributed by atoms with Gasteiger partial charge in [-0.25, -0.2) is 9.59 Å². The van der Waals surface area contributed by atoms with E-state index in [0.29, 0.717) is 19.3 Å². The molecule has 0 bridgehead atoms. The molecule has 0 rings (SSSR count). The molecule has 7 heteroatoms. The Morgan fingerprint density at radius 2 is 1.89 bits per heavy atom. The summed E-state index contributed by atoms with van der Waals surface area (Å²) in [5.74, 6) is -1.91. The molecule has 0 radical (unpaired) electrons. The first kappa shape index (κ1) is 17.1. The van der Waals surface area contributed by atoms with Gasteiger partial charge in [0.2, 0.25) is 0 Å². The SMILES string of the molecule is CCOCC(NC(=O)NC(=O)/C=C/C(=O)O)C(C)C. The molecule has 1 unspecified atom stereocenters. The van der Waals surface area contributed by atoms with Crippen molar-refractivity contribution < 1.29 is 24.2 Å². The van der Waals surface area contributed by atoms with Crippen molar-refractivity contribution in [1.82, 2.24) is 10.6 Å².